The molecule has 1 amide bonds. The van der Waals surface area contributed by atoms with Crippen LogP contribution in [0.3, 0.4) is 0 Å². The van der Waals surface area contributed by atoms with E-state index in [1.807, 2.05) is 5.32 Å². The van der Waals surface area contributed by atoms with Crippen LogP contribution in [0.5, 0.6) is 0 Å². The molecule has 16 heavy (non-hydrogen) atoms. The third kappa shape index (κ3) is 3.03. The van der Waals surface area contributed by atoms with Gasteiger partial charge in [0, 0.05) is 0 Å². The summed E-state index contributed by atoms with van der Waals surface area (Å²) in [6.07, 6.45) is -4.22. The number of carbonyl (C=O) groups is 1. The van der Waals surface area contributed by atoms with Crippen molar-refractivity contribution in [1.82, 2.24) is 5.32 Å². The van der Waals surface area contributed by atoms with Crippen molar-refractivity contribution >= 4 is 17.5 Å². The van der Waals surface area contributed by atoms with Crippen molar-refractivity contribution in [3.8, 4) is 0 Å². The topological polar surface area (TPSA) is 119 Å². The summed E-state index contributed by atoms with van der Waals surface area (Å²) in [6, 6.07) is 0. The number of nitrogens with one attached hydrogen (secondary N) is 1. The zero-order valence-corrected chi connectivity index (χ0v) is 9.09. The van der Waals surface area contributed by atoms with Crippen molar-refractivity contribution in [2.24, 2.45) is 0 Å². The zero-order chi connectivity index (χ0) is 12.3. The van der Waals surface area contributed by atoms with Crippen LogP contribution in [0.4, 0.5) is 0 Å². The van der Waals surface area contributed by atoms with E-state index >= 15 is 0 Å². The Hall–Kier alpha value is -0.440. The first-order valence-corrected chi connectivity index (χ1v) is 5.19. The van der Waals surface area contributed by atoms with Gasteiger partial charge >= 0.3 is 0 Å². The number of aliphatic hydroxyl groups excluding tert-OH is 3. The molecule has 0 aliphatic carbocycles. The SMILES string of the molecule is O=C(CCl)NC1(O)CC(O)[C@H](O)C(CO)O1. The molecule has 0 bridgehead atoms. The van der Waals surface area contributed by atoms with Crippen LogP contribution >= 0.6 is 11.6 Å². The second kappa shape index (κ2) is 5.26. The Labute approximate surface area is 96.6 Å². The van der Waals surface area contributed by atoms with Crippen LogP contribution in [0.1, 0.15) is 6.42 Å². The molecule has 0 aromatic heterocycles. The first kappa shape index (κ1) is 13.6. The lowest BCUT2D eigenvalue weighted by Gasteiger charge is -2.41. The zero-order valence-electron chi connectivity index (χ0n) is 8.34. The van der Waals surface area contributed by atoms with E-state index in [2.05, 4.69) is 0 Å². The smallest absolute Gasteiger partial charge is 0.251 e. The summed E-state index contributed by atoms with van der Waals surface area (Å²) in [5, 5.41) is 39.5. The van der Waals surface area contributed by atoms with Gasteiger partial charge in [0.1, 0.15) is 18.1 Å². The van der Waals surface area contributed by atoms with Crippen molar-refractivity contribution in [2.75, 3.05) is 12.5 Å². The van der Waals surface area contributed by atoms with Gasteiger partial charge in [-0.2, -0.15) is 0 Å². The standard InChI is InChI=1S/C8H14ClNO6/c9-2-6(13)10-8(15)1-4(12)7(14)5(3-11)16-8/h4-5,7,11-12,14-15H,1-3H2,(H,10,13)/t4?,5?,7-,8?/m0/s1. The van der Waals surface area contributed by atoms with Gasteiger partial charge in [0.25, 0.3) is 5.91 Å². The van der Waals surface area contributed by atoms with Gasteiger partial charge in [-0.05, 0) is 0 Å². The molecule has 1 saturated heterocycles. The van der Waals surface area contributed by atoms with Crippen LogP contribution in [0, 0.1) is 0 Å². The Morgan fingerprint density at radius 1 is 1.56 bits per heavy atom. The molecule has 3 unspecified atom stereocenters. The number of alkyl halides is 1. The molecule has 0 spiro atoms. The Morgan fingerprint density at radius 3 is 2.69 bits per heavy atom. The predicted octanol–water partition coefficient (Wildman–Crippen LogP) is -2.51. The minimum atomic E-state index is -2.13. The van der Waals surface area contributed by atoms with Crippen molar-refractivity contribution in [3.63, 3.8) is 0 Å². The number of aliphatic hydroxyl groups is 4. The Morgan fingerprint density at radius 2 is 2.19 bits per heavy atom. The summed E-state index contributed by atoms with van der Waals surface area (Å²) in [5.41, 5.74) is 0. The third-order valence-electron chi connectivity index (χ3n) is 2.24. The number of amides is 1. The lowest BCUT2D eigenvalue weighted by molar-refractivity contribution is -0.315. The van der Waals surface area contributed by atoms with Crippen LogP contribution in [-0.2, 0) is 9.53 Å². The maximum atomic E-state index is 11.0. The molecular formula is C8H14ClNO6. The van der Waals surface area contributed by atoms with E-state index in [-0.39, 0.29) is 5.88 Å². The second-order valence-corrected chi connectivity index (χ2v) is 3.83. The highest BCUT2D eigenvalue weighted by Crippen LogP contribution is 2.25. The van der Waals surface area contributed by atoms with E-state index in [4.69, 9.17) is 21.4 Å². The van der Waals surface area contributed by atoms with Crippen LogP contribution < -0.4 is 5.32 Å². The lowest BCUT2D eigenvalue weighted by atomic mass is 9.99. The van der Waals surface area contributed by atoms with Gasteiger partial charge < -0.3 is 30.5 Å². The third-order valence-corrected chi connectivity index (χ3v) is 2.49. The Balaban J connectivity index is 2.70. The molecule has 7 nitrogen and oxygen atoms in total. The minimum Gasteiger partial charge on any atom is -0.394 e. The molecule has 4 atom stereocenters. The highest BCUT2D eigenvalue weighted by molar-refractivity contribution is 6.27. The Kier molecular flexibility index (Phi) is 4.48. The van der Waals surface area contributed by atoms with E-state index in [1.54, 1.807) is 0 Å². The lowest BCUT2D eigenvalue weighted by Crippen LogP contribution is -2.63. The molecule has 1 rings (SSSR count). The van der Waals surface area contributed by atoms with Crippen molar-refractivity contribution in [1.29, 1.82) is 0 Å². The van der Waals surface area contributed by atoms with Gasteiger partial charge in [-0.15, -0.1) is 11.6 Å². The molecule has 0 radical (unpaired) electrons. The summed E-state index contributed by atoms with van der Waals surface area (Å²) in [4.78, 5) is 11.0. The van der Waals surface area contributed by atoms with E-state index in [0.29, 0.717) is 0 Å². The normalized spacial score (nSPS) is 39.4. The monoisotopic (exact) mass is 255 g/mol. The molecule has 0 saturated carbocycles. The number of hydrogen-bond acceptors (Lipinski definition) is 6. The molecule has 1 aliphatic rings. The van der Waals surface area contributed by atoms with E-state index in [9.17, 15) is 20.1 Å². The number of rotatable bonds is 3. The van der Waals surface area contributed by atoms with Gasteiger partial charge in [-0.3, -0.25) is 4.79 Å². The average molecular weight is 256 g/mol. The van der Waals surface area contributed by atoms with Gasteiger partial charge in [0.15, 0.2) is 0 Å². The number of hydrogen-bond donors (Lipinski definition) is 5. The molecule has 8 heteroatoms. The van der Waals surface area contributed by atoms with E-state index in [0.717, 1.165) is 0 Å². The fraction of sp³-hybridized carbons (Fsp3) is 0.875. The summed E-state index contributed by atoms with van der Waals surface area (Å²) in [7, 11) is 0. The summed E-state index contributed by atoms with van der Waals surface area (Å²) in [6.45, 7) is -0.600. The molecule has 94 valence electrons. The first-order chi connectivity index (χ1) is 7.41. The van der Waals surface area contributed by atoms with Gasteiger partial charge in [0.05, 0.1) is 19.1 Å². The summed E-state index contributed by atoms with van der Waals surface area (Å²) >= 11 is 5.23. The minimum absolute atomic E-state index is 0.381. The molecule has 1 fully saturated rings. The van der Waals surface area contributed by atoms with Crippen molar-refractivity contribution < 1.29 is 30.0 Å². The molecule has 0 aromatic carbocycles. The summed E-state index contributed by atoms with van der Waals surface area (Å²) in [5.74, 6) is -3.20. The van der Waals surface area contributed by atoms with Gasteiger partial charge in [0.2, 0.25) is 5.91 Å². The molecule has 1 heterocycles. The highest BCUT2D eigenvalue weighted by Gasteiger charge is 2.45. The Bertz CT molecular complexity index is 265. The molecule has 0 aromatic rings. The second-order valence-electron chi connectivity index (χ2n) is 3.57. The largest absolute Gasteiger partial charge is 0.394 e. The molecular weight excluding hydrogens is 242 g/mol. The van der Waals surface area contributed by atoms with E-state index in [1.165, 1.54) is 0 Å². The van der Waals surface area contributed by atoms with Crippen molar-refractivity contribution in [3.05, 3.63) is 0 Å². The quantitative estimate of drug-likeness (QED) is 0.281. The van der Waals surface area contributed by atoms with Crippen LogP contribution in [-0.4, -0.2) is 63.0 Å². The number of ether oxygens (including phenoxy) is 1. The fourth-order valence-electron chi connectivity index (χ4n) is 1.50. The van der Waals surface area contributed by atoms with E-state index < -0.39 is 43.2 Å². The van der Waals surface area contributed by atoms with Crippen LogP contribution in [0.25, 0.3) is 0 Å². The van der Waals surface area contributed by atoms with Crippen LogP contribution in [0.15, 0.2) is 0 Å². The summed E-state index contributed by atoms with van der Waals surface area (Å²) < 4.78 is 4.88. The average Bonchev–Trinajstić information content (AvgIpc) is 2.23. The maximum Gasteiger partial charge on any atom is 0.251 e. The van der Waals surface area contributed by atoms with Gasteiger partial charge in [-0.25, -0.2) is 0 Å². The molecule has 1 aliphatic heterocycles. The molecule has 5 N–H and O–H groups in total. The highest BCUT2D eigenvalue weighted by atomic mass is 35.5. The van der Waals surface area contributed by atoms with Gasteiger partial charge in [-0.1, -0.05) is 0 Å². The predicted molar refractivity (Wildman–Crippen MR) is 52.4 cm³/mol. The fourth-order valence-corrected chi connectivity index (χ4v) is 1.56. The maximum absolute atomic E-state index is 11.0. The first-order valence-electron chi connectivity index (χ1n) is 4.66. The van der Waals surface area contributed by atoms with Crippen molar-refractivity contribution in [2.45, 2.75) is 30.6 Å². The number of halogens is 1. The number of carbonyl (C=O) groups excluding carboxylic acids is 1. The van der Waals surface area contributed by atoms with Crippen LogP contribution in [0.2, 0.25) is 0 Å².